The van der Waals surface area contributed by atoms with Crippen molar-refractivity contribution in [3.63, 3.8) is 0 Å². The summed E-state index contributed by atoms with van der Waals surface area (Å²) in [5.41, 5.74) is 3.64. The molecule has 3 rings (SSSR count). The molecular weight excluding hydrogens is 262 g/mol. The van der Waals surface area contributed by atoms with Crippen molar-refractivity contribution >= 4 is 10.9 Å². The number of aryl methyl sites for hydroxylation is 2. The molecule has 0 saturated carbocycles. The molecule has 21 heavy (non-hydrogen) atoms. The van der Waals surface area contributed by atoms with E-state index < -0.39 is 6.10 Å². The Kier molecular flexibility index (Phi) is 3.71. The van der Waals surface area contributed by atoms with E-state index in [0.717, 1.165) is 40.7 Å². The second kappa shape index (κ2) is 5.66. The molecule has 0 radical (unpaired) electrons. The Labute approximate surface area is 124 Å². The van der Waals surface area contributed by atoms with Gasteiger partial charge in [-0.2, -0.15) is 5.10 Å². The SMILES string of the molecule is CCCn1cc(C(O)c2ccc3nc(C)ccc3c2)cn1. The van der Waals surface area contributed by atoms with Crippen LogP contribution in [0.5, 0.6) is 0 Å². The van der Waals surface area contributed by atoms with E-state index in [2.05, 4.69) is 17.0 Å². The van der Waals surface area contributed by atoms with Crippen LogP contribution >= 0.6 is 0 Å². The average molecular weight is 281 g/mol. The highest BCUT2D eigenvalue weighted by Crippen LogP contribution is 2.24. The molecule has 0 aliphatic rings. The van der Waals surface area contributed by atoms with Crippen LogP contribution in [-0.2, 0) is 6.54 Å². The quantitative estimate of drug-likeness (QED) is 0.798. The Balaban J connectivity index is 1.92. The van der Waals surface area contributed by atoms with Crippen LogP contribution in [-0.4, -0.2) is 19.9 Å². The molecule has 1 N–H and O–H groups in total. The first-order valence-electron chi connectivity index (χ1n) is 7.25. The van der Waals surface area contributed by atoms with Gasteiger partial charge in [-0.3, -0.25) is 9.67 Å². The third-order valence-electron chi connectivity index (χ3n) is 3.59. The van der Waals surface area contributed by atoms with Crippen molar-refractivity contribution in [1.29, 1.82) is 0 Å². The maximum atomic E-state index is 10.5. The molecule has 1 unspecified atom stereocenters. The molecule has 1 aromatic carbocycles. The minimum atomic E-state index is -0.652. The van der Waals surface area contributed by atoms with E-state index in [1.165, 1.54) is 0 Å². The first-order chi connectivity index (χ1) is 10.2. The molecule has 3 aromatic rings. The van der Waals surface area contributed by atoms with E-state index in [9.17, 15) is 5.11 Å². The number of pyridine rings is 1. The van der Waals surface area contributed by atoms with Crippen molar-refractivity contribution in [3.05, 3.63) is 59.5 Å². The fraction of sp³-hybridized carbons (Fsp3) is 0.294. The van der Waals surface area contributed by atoms with Crippen molar-refractivity contribution < 1.29 is 5.11 Å². The monoisotopic (exact) mass is 281 g/mol. The van der Waals surface area contributed by atoms with Gasteiger partial charge in [-0.25, -0.2) is 0 Å². The van der Waals surface area contributed by atoms with E-state index in [1.807, 2.05) is 48.1 Å². The Morgan fingerprint density at radius 3 is 2.86 bits per heavy atom. The van der Waals surface area contributed by atoms with Gasteiger partial charge >= 0.3 is 0 Å². The van der Waals surface area contributed by atoms with Crippen molar-refractivity contribution in [1.82, 2.24) is 14.8 Å². The van der Waals surface area contributed by atoms with E-state index in [0.29, 0.717) is 0 Å². The van der Waals surface area contributed by atoms with Gasteiger partial charge in [0.15, 0.2) is 0 Å². The van der Waals surface area contributed by atoms with E-state index >= 15 is 0 Å². The molecule has 0 fully saturated rings. The molecule has 0 aliphatic carbocycles. The zero-order valence-electron chi connectivity index (χ0n) is 12.3. The van der Waals surface area contributed by atoms with Gasteiger partial charge in [0.1, 0.15) is 6.10 Å². The maximum absolute atomic E-state index is 10.5. The maximum Gasteiger partial charge on any atom is 0.107 e. The minimum Gasteiger partial charge on any atom is -0.384 e. The van der Waals surface area contributed by atoms with Crippen molar-refractivity contribution in [2.24, 2.45) is 0 Å². The van der Waals surface area contributed by atoms with Crippen LogP contribution in [0.1, 0.15) is 36.3 Å². The zero-order valence-corrected chi connectivity index (χ0v) is 12.3. The highest BCUT2D eigenvalue weighted by Gasteiger charge is 2.13. The van der Waals surface area contributed by atoms with Gasteiger partial charge < -0.3 is 5.11 Å². The lowest BCUT2D eigenvalue weighted by molar-refractivity contribution is 0.220. The fourth-order valence-electron chi connectivity index (χ4n) is 2.48. The summed E-state index contributed by atoms with van der Waals surface area (Å²) >= 11 is 0. The molecule has 2 aromatic heterocycles. The number of benzene rings is 1. The molecule has 0 saturated heterocycles. The predicted molar refractivity (Wildman–Crippen MR) is 83.1 cm³/mol. The van der Waals surface area contributed by atoms with Crippen LogP contribution in [0.25, 0.3) is 10.9 Å². The van der Waals surface area contributed by atoms with E-state index in [-0.39, 0.29) is 0 Å². The van der Waals surface area contributed by atoms with Gasteiger partial charge in [-0.15, -0.1) is 0 Å². The third-order valence-corrected chi connectivity index (χ3v) is 3.59. The summed E-state index contributed by atoms with van der Waals surface area (Å²) in [6, 6.07) is 9.89. The summed E-state index contributed by atoms with van der Waals surface area (Å²) in [6.07, 6.45) is 4.02. The number of aliphatic hydroxyl groups is 1. The Hall–Kier alpha value is -2.20. The summed E-state index contributed by atoms with van der Waals surface area (Å²) < 4.78 is 1.87. The normalized spacial score (nSPS) is 12.7. The Morgan fingerprint density at radius 2 is 2.05 bits per heavy atom. The Bertz CT molecular complexity index is 764. The number of rotatable bonds is 4. The van der Waals surface area contributed by atoms with Crippen LogP contribution < -0.4 is 0 Å². The Morgan fingerprint density at radius 1 is 1.19 bits per heavy atom. The van der Waals surface area contributed by atoms with E-state index in [4.69, 9.17) is 0 Å². The highest BCUT2D eigenvalue weighted by atomic mass is 16.3. The van der Waals surface area contributed by atoms with Crippen LogP contribution in [0.3, 0.4) is 0 Å². The molecule has 0 aliphatic heterocycles. The molecule has 0 amide bonds. The summed E-state index contributed by atoms with van der Waals surface area (Å²) in [5.74, 6) is 0. The first kappa shape index (κ1) is 13.8. The molecule has 4 nitrogen and oxygen atoms in total. The highest BCUT2D eigenvalue weighted by molar-refractivity contribution is 5.79. The molecule has 108 valence electrons. The predicted octanol–water partition coefficient (Wildman–Crippen LogP) is 3.23. The van der Waals surface area contributed by atoms with E-state index in [1.54, 1.807) is 6.20 Å². The summed E-state index contributed by atoms with van der Waals surface area (Å²) in [6.45, 7) is 4.95. The second-order valence-corrected chi connectivity index (χ2v) is 5.34. The molecule has 0 bridgehead atoms. The van der Waals surface area contributed by atoms with Crippen LogP contribution in [0.15, 0.2) is 42.7 Å². The fourth-order valence-corrected chi connectivity index (χ4v) is 2.48. The minimum absolute atomic E-state index is 0.652. The first-order valence-corrected chi connectivity index (χ1v) is 7.25. The standard InChI is InChI=1S/C17H19N3O/c1-3-8-20-11-15(10-18-20)17(21)14-6-7-16-13(9-14)5-4-12(2)19-16/h4-7,9-11,17,21H,3,8H2,1-2H3. The summed E-state index contributed by atoms with van der Waals surface area (Å²) in [4.78, 5) is 4.48. The lowest BCUT2D eigenvalue weighted by Gasteiger charge is -2.10. The van der Waals surface area contributed by atoms with Gasteiger partial charge in [0.05, 0.1) is 11.7 Å². The van der Waals surface area contributed by atoms with Gasteiger partial charge in [-0.05, 0) is 37.1 Å². The van der Waals surface area contributed by atoms with Crippen LogP contribution in [0.4, 0.5) is 0 Å². The van der Waals surface area contributed by atoms with Crippen molar-refractivity contribution in [2.75, 3.05) is 0 Å². The molecule has 1 atom stereocenters. The van der Waals surface area contributed by atoms with Crippen LogP contribution in [0.2, 0.25) is 0 Å². The molecule has 4 heteroatoms. The van der Waals surface area contributed by atoms with Gasteiger partial charge in [0, 0.05) is 29.4 Å². The van der Waals surface area contributed by atoms with Crippen molar-refractivity contribution in [2.45, 2.75) is 32.9 Å². The average Bonchev–Trinajstić information content (AvgIpc) is 2.95. The number of hydrogen-bond donors (Lipinski definition) is 1. The second-order valence-electron chi connectivity index (χ2n) is 5.34. The molecule has 0 spiro atoms. The summed E-state index contributed by atoms with van der Waals surface area (Å²) in [7, 11) is 0. The topological polar surface area (TPSA) is 50.9 Å². The zero-order chi connectivity index (χ0) is 14.8. The van der Waals surface area contributed by atoms with Gasteiger partial charge in [0.2, 0.25) is 0 Å². The molecular formula is C17H19N3O. The largest absolute Gasteiger partial charge is 0.384 e. The number of aliphatic hydroxyl groups excluding tert-OH is 1. The smallest absolute Gasteiger partial charge is 0.107 e. The number of aromatic nitrogens is 3. The lowest BCUT2D eigenvalue weighted by Crippen LogP contribution is -1.99. The number of hydrogen-bond acceptors (Lipinski definition) is 3. The van der Waals surface area contributed by atoms with Gasteiger partial charge in [-0.1, -0.05) is 19.1 Å². The number of nitrogens with zero attached hydrogens (tertiary/aromatic N) is 3. The lowest BCUT2D eigenvalue weighted by atomic mass is 10.0. The van der Waals surface area contributed by atoms with Crippen molar-refractivity contribution in [3.8, 4) is 0 Å². The van der Waals surface area contributed by atoms with Gasteiger partial charge in [0.25, 0.3) is 0 Å². The van der Waals surface area contributed by atoms with Crippen LogP contribution in [0, 0.1) is 6.92 Å². The summed E-state index contributed by atoms with van der Waals surface area (Å²) in [5, 5.41) is 15.8. The molecule has 2 heterocycles. The number of fused-ring (bicyclic) bond motifs is 1. The third kappa shape index (κ3) is 2.81.